The molecule has 0 aliphatic rings. The number of rotatable bonds is 8. The largest absolute Gasteiger partial charge is 0.492 e. The maximum absolute atomic E-state index is 5.75. The number of nitrogens with one attached hydrogen (secondary N) is 2. The van der Waals surface area contributed by atoms with Crippen LogP contribution in [0.4, 0.5) is 23.0 Å². The molecule has 0 amide bonds. The smallest absolute Gasteiger partial charge is 0.174 e. The molecule has 30 heavy (non-hydrogen) atoms. The van der Waals surface area contributed by atoms with Gasteiger partial charge >= 0.3 is 0 Å². The van der Waals surface area contributed by atoms with Gasteiger partial charge in [0.2, 0.25) is 0 Å². The fraction of sp³-hybridized carbons (Fsp3) is 0.167. The van der Waals surface area contributed by atoms with Crippen molar-refractivity contribution in [2.45, 2.75) is 13.8 Å². The normalized spacial score (nSPS) is 10.6. The number of ether oxygens (including phenoxy) is 2. The molecule has 1 heterocycles. The van der Waals surface area contributed by atoms with Gasteiger partial charge in [-0.3, -0.25) is 0 Å². The molecule has 6 heteroatoms. The summed E-state index contributed by atoms with van der Waals surface area (Å²) < 4.78 is 11.5. The first-order valence-corrected chi connectivity index (χ1v) is 10.0. The molecule has 0 unspecified atom stereocenters. The van der Waals surface area contributed by atoms with Gasteiger partial charge in [-0.1, -0.05) is 36.4 Å². The van der Waals surface area contributed by atoms with Crippen molar-refractivity contribution >= 4 is 34.0 Å². The van der Waals surface area contributed by atoms with E-state index >= 15 is 0 Å². The van der Waals surface area contributed by atoms with Crippen LogP contribution < -0.4 is 20.1 Å². The van der Waals surface area contributed by atoms with Gasteiger partial charge in [0.25, 0.3) is 0 Å². The monoisotopic (exact) mass is 400 g/mol. The number of hydrogen-bond donors (Lipinski definition) is 2. The highest BCUT2D eigenvalue weighted by Crippen LogP contribution is 2.34. The van der Waals surface area contributed by atoms with Crippen molar-refractivity contribution in [1.29, 1.82) is 0 Å². The first-order chi connectivity index (χ1) is 14.8. The third-order valence-corrected chi connectivity index (χ3v) is 4.45. The maximum Gasteiger partial charge on any atom is 0.174 e. The second-order valence-corrected chi connectivity index (χ2v) is 6.52. The molecule has 0 aliphatic carbocycles. The van der Waals surface area contributed by atoms with Crippen LogP contribution >= 0.6 is 0 Å². The molecule has 0 atom stereocenters. The Balaban J connectivity index is 1.77. The summed E-state index contributed by atoms with van der Waals surface area (Å²) in [5.74, 6) is 2.73. The minimum atomic E-state index is 0.578. The lowest BCUT2D eigenvalue weighted by Gasteiger charge is -2.17. The fourth-order valence-corrected chi connectivity index (χ4v) is 3.13. The number of nitrogens with zero attached hydrogens (tertiary/aromatic N) is 2. The first kappa shape index (κ1) is 19.5. The van der Waals surface area contributed by atoms with Crippen LogP contribution in [0.1, 0.15) is 13.8 Å². The van der Waals surface area contributed by atoms with Gasteiger partial charge in [0.05, 0.1) is 35.6 Å². The van der Waals surface area contributed by atoms with Crippen molar-refractivity contribution in [3.63, 3.8) is 0 Å². The van der Waals surface area contributed by atoms with E-state index in [-0.39, 0.29) is 0 Å². The lowest BCUT2D eigenvalue weighted by atomic mass is 10.2. The summed E-state index contributed by atoms with van der Waals surface area (Å²) in [4.78, 5) is 9.62. The van der Waals surface area contributed by atoms with Gasteiger partial charge in [-0.25, -0.2) is 9.97 Å². The molecule has 0 fully saturated rings. The third kappa shape index (κ3) is 4.27. The summed E-state index contributed by atoms with van der Waals surface area (Å²) >= 11 is 0. The van der Waals surface area contributed by atoms with Crippen molar-refractivity contribution in [2.24, 2.45) is 0 Å². The van der Waals surface area contributed by atoms with Crippen molar-refractivity contribution in [3.8, 4) is 11.5 Å². The number of benzene rings is 3. The van der Waals surface area contributed by atoms with Crippen LogP contribution in [0.5, 0.6) is 11.5 Å². The lowest BCUT2D eigenvalue weighted by molar-refractivity contribution is 0.341. The van der Waals surface area contributed by atoms with E-state index < -0.39 is 0 Å². The molecule has 0 aliphatic heterocycles. The van der Waals surface area contributed by atoms with Crippen LogP contribution in [0, 0.1) is 0 Å². The van der Waals surface area contributed by atoms with E-state index in [2.05, 4.69) is 10.6 Å². The molecule has 0 saturated carbocycles. The number of aromatic nitrogens is 2. The van der Waals surface area contributed by atoms with Crippen LogP contribution in [0.25, 0.3) is 11.0 Å². The van der Waals surface area contributed by atoms with Crippen LogP contribution in [-0.2, 0) is 0 Å². The molecular formula is C24H24N4O2. The molecule has 152 valence electrons. The highest BCUT2D eigenvalue weighted by atomic mass is 16.5. The number of para-hydroxylation sites is 6. The molecular weight excluding hydrogens is 376 g/mol. The average Bonchev–Trinajstić information content (AvgIpc) is 2.77. The summed E-state index contributed by atoms with van der Waals surface area (Å²) in [6.07, 6.45) is 0. The van der Waals surface area contributed by atoms with Crippen LogP contribution in [0.15, 0.2) is 72.8 Å². The Morgan fingerprint density at radius 2 is 1.00 bits per heavy atom. The minimum Gasteiger partial charge on any atom is -0.492 e. The summed E-state index contributed by atoms with van der Waals surface area (Å²) in [6.45, 7) is 5.08. The molecule has 0 spiro atoms. The first-order valence-electron chi connectivity index (χ1n) is 10.0. The number of fused-ring (bicyclic) bond motifs is 1. The topological polar surface area (TPSA) is 68.3 Å². The Kier molecular flexibility index (Phi) is 5.94. The van der Waals surface area contributed by atoms with Crippen molar-refractivity contribution in [1.82, 2.24) is 9.97 Å². The molecule has 0 bridgehead atoms. The van der Waals surface area contributed by atoms with Gasteiger partial charge in [-0.2, -0.15) is 0 Å². The van der Waals surface area contributed by atoms with Crippen molar-refractivity contribution < 1.29 is 9.47 Å². The highest BCUT2D eigenvalue weighted by molar-refractivity contribution is 5.84. The van der Waals surface area contributed by atoms with E-state index in [0.29, 0.717) is 24.8 Å². The SMILES string of the molecule is CCOc1ccccc1Nc1nc2ccccc2nc1Nc1ccccc1OCC. The summed E-state index contributed by atoms with van der Waals surface area (Å²) in [7, 11) is 0. The van der Waals surface area contributed by atoms with E-state index in [9.17, 15) is 0 Å². The summed E-state index contributed by atoms with van der Waals surface area (Å²) in [5.41, 5.74) is 3.25. The molecule has 6 nitrogen and oxygen atoms in total. The van der Waals surface area contributed by atoms with Crippen molar-refractivity contribution in [3.05, 3.63) is 72.8 Å². The Hall–Kier alpha value is -3.80. The van der Waals surface area contributed by atoms with Gasteiger partial charge in [-0.05, 0) is 50.2 Å². The zero-order chi connectivity index (χ0) is 20.8. The quantitative estimate of drug-likeness (QED) is 0.383. The minimum absolute atomic E-state index is 0.578. The molecule has 3 aromatic carbocycles. The second kappa shape index (κ2) is 9.13. The van der Waals surface area contributed by atoms with Crippen LogP contribution in [0.3, 0.4) is 0 Å². The molecule has 4 aromatic rings. The van der Waals surface area contributed by atoms with Gasteiger partial charge in [0, 0.05) is 0 Å². The Bertz CT molecular complexity index is 1060. The predicted molar refractivity (Wildman–Crippen MR) is 121 cm³/mol. The summed E-state index contributed by atoms with van der Waals surface area (Å²) in [5, 5.41) is 6.78. The van der Waals surface area contributed by atoms with Gasteiger partial charge < -0.3 is 20.1 Å². The van der Waals surface area contributed by atoms with Gasteiger partial charge in [-0.15, -0.1) is 0 Å². The van der Waals surface area contributed by atoms with Crippen LogP contribution in [0.2, 0.25) is 0 Å². The Morgan fingerprint density at radius 1 is 0.600 bits per heavy atom. The summed E-state index contributed by atoms with van der Waals surface area (Å²) in [6, 6.07) is 23.4. The highest BCUT2D eigenvalue weighted by Gasteiger charge is 2.13. The fourth-order valence-electron chi connectivity index (χ4n) is 3.13. The molecule has 0 radical (unpaired) electrons. The van der Waals surface area contributed by atoms with E-state index in [4.69, 9.17) is 19.4 Å². The predicted octanol–water partition coefficient (Wildman–Crippen LogP) is 5.91. The average molecular weight is 400 g/mol. The van der Waals surface area contributed by atoms with Crippen LogP contribution in [-0.4, -0.2) is 23.2 Å². The maximum atomic E-state index is 5.75. The van der Waals surface area contributed by atoms with Gasteiger partial charge in [0.15, 0.2) is 11.6 Å². The number of anilines is 4. The third-order valence-electron chi connectivity index (χ3n) is 4.45. The molecule has 0 saturated heterocycles. The van der Waals surface area contributed by atoms with Gasteiger partial charge in [0.1, 0.15) is 11.5 Å². The zero-order valence-electron chi connectivity index (χ0n) is 17.1. The molecule has 4 rings (SSSR count). The van der Waals surface area contributed by atoms with E-state index in [1.807, 2.05) is 86.6 Å². The van der Waals surface area contributed by atoms with Crippen molar-refractivity contribution in [2.75, 3.05) is 23.8 Å². The zero-order valence-corrected chi connectivity index (χ0v) is 17.1. The Morgan fingerprint density at radius 3 is 1.43 bits per heavy atom. The van der Waals surface area contributed by atoms with E-state index in [1.165, 1.54) is 0 Å². The van der Waals surface area contributed by atoms with E-state index in [0.717, 1.165) is 33.9 Å². The Labute approximate surface area is 175 Å². The number of hydrogen-bond acceptors (Lipinski definition) is 6. The molecule has 2 N–H and O–H groups in total. The lowest BCUT2D eigenvalue weighted by Crippen LogP contribution is -2.05. The van der Waals surface area contributed by atoms with E-state index in [1.54, 1.807) is 0 Å². The molecule has 1 aromatic heterocycles. The standard InChI is InChI=1S/C24H24N4O2/c1-3-29-21-15-9-7-13-19(21)27-23-24(26-18-12-6-5-11-17(18)25-23)28-20-14-8-10-16-22(20)30-4-2/h5-16H,3-4H2,1-2H3,(H,25,27)(H,26,28). The second-order valence-electron chi connectivity index (χ2n) is 6.52.